The van der Waals surface area contributed by atoms with Gasteiger partial charge in [-0.15, -0.1) is 11.3 Å². The fourth-order valence-corrected chi connectivity index (χ4v) is 5.54. The lowest BCUT2D eigenvalue weighted by molar-refractivity contribution is -0.111. The number of anilines is 1. The maximum Gasteiger partial charge on any atom is 0.274 e. The van der Waals surface area contributed by atoms with Crippen LogP contribution in [0.5, 0.6) is 0 Å². The van der Waals surface area contributed by atoms with Gasteiger partial charge in [-0.25, -0.2) is 8.78 Å². The first-order chi connectivity index (χ1) is 18.3. The van der Waals surface area contributed by atoms with Crippen molar-refractivity contribution < 1.29 is 13.6 Å². The monoisotopic (exact) mass is 546 g/mol. The number of nitrogens with two attached hydrogens (primary N) is 1. The first-order valence-corrected chi connectivity index (χ1v) is 12.4. The van der Waals surface area contributed by atoms with Gasteiger partial charge in [0, 0.05) is 21.8 Å². The van der Waals surface area contributed by atoms with Crippen molar-refractivity contribution in [2.75, 3.05) is 5.32 Å². The Morgan fingerprint density at radius 1 is 1.05 bits per heavy atom. The molecule has 0 saturated heterocycles. The third-order valence-electron chi connectivity index (χ3n) is 6.02. The maximum atomic E-state index is 15.1. The molecule has 3 aromatic carbocycles. The van der Waals surface area contributed by atoms with Crippen LogP contribution in [-0.4, -0.2) is 10.5 Å². The van der Waals surface area contributed by atoms with Crippen LogP contribution >= 0.6 is 22.9 Å². The fourth-order valence-electron chi connectivity index (χ4n) is 4.25. The fraction of sp³-hybridized carbons (Fsp3) is 0.0357. The van der Waals surface area contributed by atoms with Gasteiger partial charge >= 0.3 is 0 Å². The molecule has 6 nitrogen and oxygen atoms in total. The van der Waals surface area contributed by atoms with E-state index < -0.39 is 29.0 Å². The molecular formula is C28H17ClF2N4O2S. The third kappa shape index (κ3) is 4.41. The van der Waals surface area contributed by atoms with E-state index in [9.17, 15) is 19.2 Å². The molecule has 3 N–H and O–H groups in total. The highest BCUT2D eigenvalue weighted by Gasteiger charge is 2.37. The van der Waals surface area contributed by atoms with Crippen LogP contribution in [0.25, 0.3) is 17.5 Å². The van der Waals surface area contributed by atoms with Crippen LogP contribution in [-0.2, 0) is 4.79 Å². The van der Waals surface area contributed by atoms with E-state index >= 15 is 4.39 Å². The molecule has 0 spiro atoms. The smallest absolute Gasteiger partial charge is 0.274 e. The minimum Gasteiger partial charge on any atom is -0.384 e. The molecule has 0 radical (unpaired) electrons. The molecule has 0 saturated carbocycles. The van der Waals surface area contributed by atoms with Gasteiger partial charge in [-0.3, -0.25) is 14.2 Å². The lowest BCUT2D eigenvalue weighted by atomic mass is 9.83. The standard InChI is InChI=1S/C28H17ClF2N4O2S/c29-16-9-11-17(12-10-16)34-26(36)24-23(18-6-2-4-8-21(18)31)19(14-32)25(33)35-27(37)22(38-28(24)35)13-15-5-1-3-7-20(15)30/h1-13,23H,33H2,(H,34,36)/b22-13-. The average molecular weight is 547 g/mol. The van der Waals surface area contributed by atoms with E-state index in [1.165, 1.54) is 42.5 Å². The number of nitriles is 1. The van der Waals surface area contributed by atoms with Crippen LogP contribution in [0.2, 0.25) is 5.02 Å². The Kier molecular flexibility index (Phi) is 6.68. The molecule has 1 amide bonds. The number of thiazole rings is 1. The topological polar surface area (TPSA) is 101 Å². The molecule has 1 aliphatic rings. The zero-order valence-electron chi connectivity index (χ0n) is 19.4. The summed E-state index contributed by atoms with van der Waals surface area (Å²) in [5.41, 5.74) is 6.04. The summed E-state index contributed by atoms with van der Waals surface area (Å²) in [5, 5.41) is 13.3. The number of aromatic nitrogens is 1. The molecule has 10 heteroatoms. The highest BCUT2D eigenvalue weighted by Crippen LogP contribution is 2.37. The van der Waals surface area contributed by atoms with Crippen molar-refractivity contribution in [2.24, 2.45) is 5.73 Å². The van der Waals surface area contributed by atoms with Crippen LogP contribution in [0.4, 0.5) is 14.5 Å². The first-order valence-electron chi connectivity index (χ1n) is 11.2. The summed E-state index contributed by atoms with van der Waals surface area (Å²) in [7, 11) is 0. The molecule has 38 heavy (non-hydrogen) atoms. The van der Waals surface area contributed by atoms with E-state index in [0.29, 0.717) is 10.7 Å². The van der Waals surface area contributed by atoms with Crippen molar-refractivity contribution in [1.29, 1.82) is 5.26 Å². The number of benzene rings is 3. The van der Waals surface area contributed by atoms with E-state index in [4.69, 9.17) is 17.3 Å². The molecule has 1 aliphatic heterocycles. The van der Waals surface area contributed by atoms with E-state index in [0.717, 1.165) is 15.9 Å². The molecule has 1 atom stereocenters. The average Bonchev–Trinajstić information content (AvgIpc) is 3.22. The van der Waals surface area contributed by atoms with Gasteiger partial charge in [0.2, 0.25) is 0 Å². The van der Waals surface area contributed by atoms with Crippen molar-refractivity contribution >= 4 is 52.0 Å². The van der Waals surface area contributed by atoms with Gasteiger partial charge in [-0.05, 0) is 42.5 Å². The minimum absolute atomic E-state index is 0.0417. The van der Waals surface area contributed by atoms with Crippen LogP contribution in [0.1, 0.15) is 17.0 Å². The van der Waals surface area contributed by atoms with E-state index in [-0.39, 0.29) is 37.3 Å². The summed E-state index contributed by atoms with van der Waals surface area (Å²) >= 11 is 6.85. The number of hydrogen-bond donors (Lipinski definition) is 2. The largest absolute Gasteiger partial charge is 0.384 e. The number of rotatable bonds is 4. The Morgan fingerprint density at radius 3 is 2.37 bits per heavy atom. The van der Waals surface area contributed by atoms with Crippen LogP contribution < -0.4 is 25.8 Å². The SMILES string of the molecule is N#CC1=C(N)n2c(s/c(=C\c3ccccc3F)c2=O)=C(C(=O)Nc2ccc(Cl)cc2)C1c1ccccc1F. The zero-order chi connectivity index (χ0) is 27.0. The second-order valence-electron chi connectivity index (χ2n) is 8.32. The number of allylic oxidation sites excluding steroid dienone is 1. The molecule has 2 heterocycles. The van der Waals surface area contributed by atoms with Crippen LogP contribution in [0.3, 0.4) is 0 Å². The Bertz CT molecular complexity index is 1850. The van der Waals surface area contributed by atoms with Gasteiger partial charge in [0.05, 0.1) is 27.7 Å². The summed E-state index contributed by atoms with van der Waals surface area (Å²) < 4.78 is 30.7. The second kappa shape index (κ2) is 10.1. The highest BCUT2D eigenvalue weighted by molar-refractivity contribution is 7.07. The van der Waals surface area contributed by atoms with E-state index in [2.05, 4.69) is 5.32 Å². The Morgan fingerprint density at radius 2 is 1.71 bits per heavy atom. The number of hydrogen-bond acceptors (Lipinski definition) is 5. The Balaban J connectivity index is 1.83. The van der Waals surface area contributed by atoms with Gasteiger partial charge in [0.25, 0.3) is 11.5 Å². The first kappa shape index (κ1) is 25.1. The van der Waals surface area contributed by atoms with Crippen molar-refractivity contribution in [1.82, 2.24) is 4.57 Å². The molecule has 1 aromatic heterocycles. The molecule has 4 aromatic rings. The summed E-state index contributed by atoms with van der Waals surface area (Å²) in [6.07, 6.45) is 1.35. The van der Waals surface area contributed by atoms with Gasteiger partial charge in [-0.1, -0.05) is 48.0 Å². The molecule has 0 fully saturated rings. The van der Waals surface area contributed by atoms with Gasteiger partial charge in [0.1, 0.15) is 22.1 Å². The lowest BCUT2D eigenvalue weighted by Crippen LogP contribution is -2.41. The summed E-state index contributed by atoms with van der Waals surface area (Å²) in [4.78, 5) is 27.2. The molecule has 1 unspecified atom stereocenters. The molecule has 5 rings (SSSR count). The van der Waals surface area contributed by atoms with Crippen molar-refractivity contribution in [3.8, 4) is 6.07 Å². The number of amides is 1. The van der Waals surface area contributed by atoms with Gasteiger partial charge in [0.15, 0.2) is 0 Å². The Hall–Kier alpha value is -4.52. The molecular weight excluding hydrogens is 530 g/mol. The van der Waals surface area contributed by atoms with Gasteiger partial charge in [-0.2, -0.15) is 5.26 Å². The highest BCUT2D eigenvalue weighted by atomic mass is 35.5. The lowest BCUT2D eigenvalue weighted by Gasteiger charge is -2.25. The quantitative estimate of drug-likeness (QED) is 0.405. The van der Waals surface area contributed by atoms with Crippen molar-refractivity contribution in [3.05, 3.63) is 126 Å². The number of halogens is 3. The number of carbonyl (C=O) groups excluding carboxylic acids is 1. The molecule has 0 bridgehead atoms. The van der Waals surface area contributed by atoms with Crippen LogP contribution in [0, 0.1) is 23.0 Å². The number of nitrogens with one attached hydrogen (secondary N) is 1. The number of fused-ring (bicyclic) bond motifs is 1. The predicted molar refractivity (Wildman–Crippen MR) is 143 cm³/mol. The Labute approximate surface area is 223 Å². The summed E-state index contributed by atoms with van der Waals surface area (Å²) in [6.45, 7) is 0. The zero-order valence-corrected chi connectivity index (χ0v) is 21.0. The normalized spacial score (nSPS) is 15.3. The molecule has 188 valence electrons. The minimum atomic E-state index is -1.20. The molecule has 0 aliphatic carbocycles. The van der Waals surface area contributed by atoms with E-state index in [1.54, 1.807) is 36.4 Å². The summed E-state index contributed by atoms with van der Waals surface area (Å²) in [6, 6.07) is 19.9. The van der Waals surface area contributed by atoms with Crippen molar-refractivity contribution in [2.45, 2.75) is 5.92 Å². The predicted octanol–water partition coefficient (Wildman–Crippen LogP) is 3.91. The number of carbonyl (C=O) groups is 1. The number of nitrogens with zero attached hydrogens (tertiary/aromatic N) is 2. The van der Waals surface area contributed by atoms with Crippen LogP contribution in [0.15, 0.2) is 83.2 Å². The second-order valence-corrected chi connectivity index (χ2v) is 9.78. The van der Waals surface area contributed by atoms with Crippen molar-refractivity contribution in [3.63, 3.8) is 0 Å². The maximum absolute atomic E-state index is 15.1. The third-order valence-corrected chi connectivity index (χ3v) is 7.38. The van der Waals surface area contributed by atoms with E-state index in [1.807, 2.05) is 6.07 Å². The summed E-state index contributed by atoms with van der Waals surface area (Å²) in [5.74, 6) is -3.30. The van der Waals surface area contributed by atoms with Gasteiger partial charge < -0.3 is 11.1 Å².